The highest BCUT2D eigenvalue weighted by molar-refractivity contribution is 5.86. The molecule has 2 heterocycles. The molecule has 100 valence electrons. The Balaban J connectivity index is 1.98. The van der Waals surface area contributed by atoms with Gasteiger partial charge in [0.25, 0.3) is 0 Å². The van der Waals surface area contributed by atoms with Crippen LogP contribution in [-0.4, -0.2) is 53.1 Å². The highest BCUT2D eigenvalue weighted by Gasteiger charge is 2.24. The summed E-state index contributed by atoms with van der Waals surface area (Å²) in [5, 5.41) is 9.00. The summed E-state index contributed by atoms with van der Waals surface area (Å²) in [6.45, 7) is 9.09. The van der Waals surface area contributed by atoms with E-state index in [4.69, 9.17) is 9.52 Å². The number of aromatic carboxylic acids is 1. The van der Waals surface area contributed by atoms with E-state index < -0.39 is 5.97 Å². The average Bonchev–Trinajstić information content (AvgIpc) is 2.77. The number of likely N-dealkylation sites (N-methyl/N-ethyl adjacent to an activating group) is 1. The van der Waals surface area contributed by atoms with Crippen LogP contribution in [0.3, 0.4) is 0 Å². The van der Waals surface area contributed by atoms with Gasteiger partial charge < -0.3 is 9.52 Å². The third-order valence-corrected chi connectivity index (χ3v) is 3.59. The van der Waals surface area contributed by atoms with Gasteiger partial charge in [-0.3, -0.25) is 9.80 Å². The Bertz CT molecular complexity index is 416. The lowest BCUT2D eigenvalue weighted by atomic mass is 10.1. The minimum atomic E-state index is -0.991. The molecule has 5 nitrogen and oxygen atoms in total. The van der Waals surface area contributed by atoms with Crippen molar-refractivity contribution in [2.24, 2.45) is 0 Å². The van der Waals surface area contributed by atoms with E-state index in [0.29, 0.717) is 12.6 Å². The largest absolute Gasteiger partial charge is 0.475 e. The molecule has 0 amide bonds. The van der Waals surface area contributed by atoms with E-state index in [1.165, 1.54) is 6.26 Å². The lowest BCUT2D eigenvalue weighted by molar-refractivity contribution is 0.0650. The van der Waals surface area contributed by atoms with Gasteiger partial charge in [0.05, 0.1) is 6.26 Å². The Kier molecular flexibility index (Phi) is 4.04. The van der Waals surface area contributed by atoms with Crippen LogP contribution in [0.4, 0.5) is 0 Å². The standard InChI is InChI=1S/C13H20N2O3/c1-3-15-6-5-14(8-10(15)2)9-11-4-7-18-12(11)13(16)17/h4,7,10H,3,5-6,8-9H2,1-2H3,(H,16,17). The van der Waals surface area contributed by atoms with E-state index in [1.807, 2.05) is 0 Å². The Morgan fingerprint density at radius 2 is 2.33 bits per heavy atom. The summed E-state index contributed by atoms with van der Waals surface area (Å²) in [6.07, 6.45) is 1.45. The SMILES string of the molecule is CCN1CCN(Cc2ccoc2C(=O)O)CC1C. The third kappa shape index (κ3) is 2.73. The summed E-state index contributed by atoms with van der Waals surface area (Å²) >= 11 is 0. The van der Waals surface area contributed by atoms with E-state index in [9.17, 15) is 4.79 Å². The average molecular weight is 252 g/mol. The Labute approximate surface area is 107 Å². The molecule has 18 heavy (non-hydrogen) atoms. The highest BCUT2D eigenvalue weighted by Crippen LogP contribution is 2.16. The number of furan rings is 1. The Morgan fingerprint density at radius 1 is 1.56 bits per heavy atom. The number of carboxylic acids is 1. The van der Waals surface area contributed by atoms with Crippen LogP contribution in [0.2, 0.25) is 0 Å². The molecule has 2 rings (SSSR count). The maximum absolute atomic E-state index is 11.0. The maximum Gasteiger partial charge on any atom is 0.372 e. The predicted molar refractivity (Wildman–Crippen MR) is 67.7 cm³/mol. The Morgan fingerprint density at radius 3 is 2.94 bits per heavy atom. The van der Waals surface area contributed by atoms with Crippen LogP contribution in [0.1, 0.15) is 30.0 Å². The Hall–Kier alpha value is -1.33. The zero-order chi connectivity index (χ0) is 13.1. The second kappa shape index (κ2) is 5.54. The molecular weight excluding hydrogens is 232 g/mol. The number of carbonyl (C=O) groups is 1. The fourth-order valence-corrected chi connectivity index (χ4v) is 2.57. The zero-order valence-corrected chi connectivity index (χ0v) is 10.9. The third-order valence-electron chi connectivity index (χ3n) is 3.59. The quantitative estimate of drug-likeness (QED) is 0.880. The summed E-state index contributed by atoms with van der Waals surface area (Å²) in [7, 11) is 0. The molecule has 0 aromatic carbocycles. The van der Waals surface area contributed by atoms with Gasteiger partial charge in [0.2, 0.25) is 5.76 Å². The van der Waals surface area contributed by atoms with Crippen molar-refractivity contribution >= 4 is 5.97 Å². The monoisotopic (exact) mass is 252 g/mol. The molecule has 1 aliphatic rings. The van der Waals surface area contributed by atoms with Gasteiger partial charge in [-0.25, -0.2) is 4.79 Å². The second-order valence-corrected chi connectivity index (χ2v) is 4.79. The molecule has 0 spiro atoms. The van der Waals surface area contributed by atoms with E-state index in [0.717, 1.165) is 31.7 Å². The first-order valence-electron chi connectivity index (χ1n) is 6.38. The van der Waals surface area contributed by atoms with Gasteiger partial charge in [-0.15, -0.1) is 0 Å². The summed E-state index contributed by atoms with van der Waals surface area (Å²) in [5.41, 5.74) is 0.764. The van der Waals surface area contributed by atoms with Crippen LogP contribution in [-0.2, 0) is 6.54 Å². The van der Waals surface area contributed by atoms with Gasteiger partial charge in [-0.2, -0.15) is 0 Å². The molecule has 1 aromatic heterocycles. The van der Waals surface area contributed by atoms with E-state index in [2.05, 4.69) is 23.6 Å². The minimum absolute atomic E-state index is 0.0700. The highest BCUT2D eigenvalue weighted by atomic mass is 16.4. The molecule has 1 unspecified atom stereocenters. The smallest absolute Gasteiger partial charge is 0.372 e. The van der Waals surface area contributed by atoms with Crippen LogP contribution >= 0.6 is 0 Å². The molecule has 5 heteroatoms. The van der Waals surface area contributed by atoms with Crippen LogP contribution in [0.25, 0.3) is 0 Å². The molecule has 1 saturated heterocycles. The molecule has 0 saturated carbocycles. The van der Waals surface area contributed by atoms with Crippen molar-refractivity contribution in [3.63, 3.8) is 0 Å². The second-order valence-electron chi connectivity index (χ2n) is 4.79. The minimum Gasteiger partial charge on any atom is -0.475 e. The van der Waals surface area contributed by atoms with Crippen LogP contribution in [0, 0.1) is 0 Å². The molecule has 0 bridgehead atoms. The number of hydrogen-bond acceptors (Lipinski definition) is 4. The van der Waals surface area contributed by atoms with Crippen LogP contribution in [0.15, 0.2) is 16.7 Å². The summed E-state index contributed by atoms with van der Waals surface area (Å²) in [6, 6.07) is 2.27. The lowest BCUT2D eigenvalue weighted by Crippen LogP contribution is -2.51. The van der Waals surface area contributed by atoms with Crippen molar-refractivity contribution in [3.8, 4) is 0 Å². The first kappa shape index (κ1) is 13.1. The number of nitrogens with zero attached hydrogens (tertiary/aromatic N) is 2. The van der Waals surface area contributed by atoms with Gasteiger partial charge in [-0.1, -0.05) is 6.92 Å². The fourth-order valence-electron chi connectivity index (χ4n) is 2.57. The van der Waals surface area contributed by atoms with E-state index >= 15 is 0 Å². The normalized spacial score (nSPS) is 22.2. The molecule has 1 atom stereocenters. The fraction of sp³-hybridized carbons (Fsp3) is 0.615. The van der Waals surface area contributed by atoms with Crippen molar-refractivity contribution < 1.29 is 14.3 Å². The number of rotatable bonds is 4. The summed E-state index contributed by atoms with van der Waals surface area (Å²) in [5.74, 6) is -0.921. The first-order valence-corrected chi connectivity index (χ1v) is 6.38. The molecule has 1 aliphatic heterocycles. The number of hydrogen-bond donors (Lipinski definition) is 1. The molecule has 0 radical (unpaired) electrons. The summed E-state index contributed by atoms with van der Waals surface area (Å²) in [4.78, 5) is 15.7. The first-order chi connectivity index (χ1) is 8.61. The number of carboxylic acid groups (broad SMARTS) is 1. The molecule has 1 aromatic rings. The van der Waals surface area contributed by atoms with Gasteiger partial charge in [-0.05, 0) is 19.5 Å². The topological polar surface area (TPSA) is 56.9 Å². The van der Waals surface area contributed by atoms with Crippen molar-refractivity contribution in [2.75, 3.05) is 26.2 Å². The van der Waals surface area contributed by atoms with Gasteiger partial charge in [0, 0.05) is 37.8 Å². The van der Waals surface area contributed by atoms with Crippen LogP contribution in [0.5, 0.6) is 0 Å². The van der Waals surface area contributed by atoms with E-state index in [1.54, 1.807) is 6.07 Å². The molecular formula is C13H20N2O3. The predicted octanol–water partition coefficient (Wildman–Crippen LogP) is 1.50. The van der Waals surface area contributed by atoms with Gasteiger partial charge >= 0.3 is 5.97 Å². The van der Waals surface area contributed by atoms with Gasteiger partial charge in [0.1, 0.15) is 0 Å². The molecule has 1 fully saturated rings. The maximum atomic E-state index is 11.0. The summed E-state index contributed by atoms with van der Waals surface area (Å²) < 4.78 is 5.00. The van der Waals surface area contributed by atoms with Crippen molar-refractivity contribution in [2.45, 2.75) is 26.4 Å². The van der Waals surface area contributed by atoms with Gasteiger partial charge in [0.15, 0.2) is 0 Å². The molecule has 0 aliphatic carbocycles. The molecule has 1 N–H and O–H groups in total. The van der Waals surface area contributed by atoms with Crippen molar-refractivity contribution in [3.05, 3.63) is 23.7 Å². The van der Waals surface area contributed by atoms with Crippen molar-refractivity contribution in [1.82, 2.24) is 9.80 Å². The van der Waals surface area contributed by atoms with Crippen molar-refractivity contribution in [1.29, 1.82) is 0 Å². The number of piperazine rings is 1. The zero-order valence-electron chi connectivity index (χ0n) is 10.9. The lowest BCUT2D eigenvalue weighted by Gasteiger charge is -2.39. The van der Waals surface area contributed by atoms with E-state index in [-0.39, 0.29) is 5.76 Å². The van der Waals surface area contributed by atoms with Crippen LogP contribution < -0.4 is 0 Å².